The first-order chi connectivity index (χ1) is 13.7. The standard InChI is InChI=1S/C24H24N2OS/c1-3-5-6-18-7-11-20(12-8-18)23-17-28-24(26-23)21(16-25)15-19-9-13-22(14-10-19)27-4-2/h7-15,17H,3-6H2,1-2H3. The summed E-state index contributed by atoms with van der Waals surface area (Å²) in [6.07, 6.45) is 5.39. The highest BCUT2D eigenvalue weighted by Gasteiger charge is 2.09. The maximum absolute atomic E-state index is 9.60. The van der Waals surface area contributed by atoms with Crippen LogP contribution in [0.25, 0.3) is 22.9 Å². The summed E-state index contributed by atoms with van der Waals surface area (Å²) < 4.78 is 5.46. The first kappa shape index (κ1) is 19.9. The highest BCUT2D eigenvalue weighted by Crippen LogP contribution is 2.28. The Hall–Kier alpha value is -2.90. The van der Waals surface area contributed by atoms with Crippen LogP contribution in [0.15, 0.2) is 53.9 Å². The Morgan fingerprint density at radius 2 is 1.86 bits per heavy atom. The van der Waals surface area contributed by atoms with Crippen molar-refractivity contribution >= 4 is 23.0 Å². The molecule has 0 aliphatic heterocycles. The van der Waals surface area contributed by atoms with E-state index < -0.39 is 0 Å². The zero-order chi connectivity index (χ0) is 19.8. The van der Waals surface area contributed by atoms with Crippen LogP contribution >= 0.6 is 11.3 Å². The van der Waals surface area contributed by atoms with Crippen LogP contribution in [0, 0.1) is 11.3 Å². The van der Waals surface area contributed by atoms with Crippen molar-refractivity contribution in [2.75, 3.05) is 6.61 Å². The Kier molecular flexibility index (Phi) is 7.00. The molecule has 0 bridgehead atoms. The summed E-state index contributed by atoms with van der Waals surface area (Å²) in [6, 6.07) is 18.6. The molecule has 0 aliphatic rings. The normalized spacial score (nSPS) is 11.2. The molecule has 1 aromatic heterocycles. The lowest BCUT2D eigenvalue weighted by atomic mass is 10.1. The van der Waals surface area contributed by atoms with Crippen LogP contribution in [-0.4, -0.2) is 11.6 Å². The lowest BCUT2D eigenvalue weighted by Crippen LogP contribution is -1.90. The maximum atomic E-state index is 9.60. The number of nitriles is 1. The van der Waals surface area contributed by atoms with E-state index in [2.05, 4.69) is 42.2 Å². The van der Waals surface area contributed by atoms with E-state index in [1.807, 2.05) is 42.6 Å². The van der Waals surface area contributed by atoms with E-state index in [1.54, 1.807) is 0 Å². The quantitative estimate of drug-likeness (QED) is 0.408. The summed E-state index contributed by atoms with van der Waals surface area (Å²) in [4.78, 5) is 4.69. The number of nitrogens with zero attached hydrogens (tertiary/aromatic N) is 2. The largest absolute Gasteiger partial charge is 0.494 e. The van der Waals surface area contributed by atoms with Gasteiger partial charge in [-0.05, 0) is 49.1 Å². The molecule has 142 valence electrons. The van der Waals surface area contributed by atoms with Crippen molar-refractivity contribution in [1.82, 2.24) is 4.98 Å². The number of aromatic nitrogens is 1. The fraction of sp³-hybridized carbons (Fsp3) is 0.250. The number of aryl methyl sites for hydroxylation is 1. The third-order valence-electron chi connectivity index (χ3n) is 4.43. The predicted octanol–water partition coefficient (Wildman–Crippen LogP) is 6.62. The zero-order valence-electron chi connectivity index (χ0n) is 16.3. The number of ether oxygens (including phenoxy) is 1. The van der Waals surface area contributed by atoms with Gasteiger partial charge in [-0.15, -0.1) is 11.3 Å². The smallest absolute Gasteiger partial charge is 0.134 e. The van der Waals surface area contributed by atoms with Gasteiger partial charge in [0.15, 0.2) is 0 Å². The summed E-state index contributed by atoms with van der Waals surface area (Å²) >= 11 is 1.50. The minimum Gasteiger partial charge on any atom is -0.494 e. The Bertz CT molecular complexity index is 963. The molecule has 0 amide bonds. The molecule has 0 fully saturated rings. The third kappa shape index (κ3) is 5.09. The van der Waals surface area contributed by atoms with Crippen LogP contribution in [0.5, 0.6) is 5.75 Å². The van der Waals surface area contributed by atoms with Gasteiger partial charge >= 0.3 is 0 Å². The van der Waals surface area contributed by atoms with E-state index >= 15 is 0 Å². The molecule has 0 saturated carbocycles. The van der Waals surface area contributed by atoms with Crippen LogP contribution < -0.4 is 4.74 Å². The molecule has 0 aliphatic carbocycles. The van der Waals surface area contributed by atoms with Gasteiger partial charge in [-0.1, -0.05) is 49.7 Å². The highest BCUT2D eigenvalue weighted by atomic mass is 32.1. The van der Waals surface area contributed by atoms with Crippen molar-refractivity contribution in [2.45, 2.75) is 33.1 Å². The summed E-state index contributed by atoms with van der Waals surface area (Å²) in [5.74, 6) is 0.831. The van der Waals surface area contributed by atoms with Gasteiger partial charge in [0.2, 0.25) is 0 Å². The van der Waals surface area contributed by atoms with E-state index in [0.29, 0.717) is 12.2 Å². The Morgan fingerprint density at radius 1 is 1.11 bits per heavy atom. The number of thiazole rings is 1. The minimum atomic E-state index is 0.569. The molecule has 0 spiro atoms. The van der Waals surface area contributed by atoms with Crippen LogP contribution in [-0.2, 0) is 6.42 Å². The molecule has 3 aromatic rings. The molecule has 3 nitrogen and oxygen atoms in total. The summed E-state index contributed by atoms with van der Waals surface area (Å²) in [5.41, 5.74) is 4.88. The van der Waals surface area contributed by atoms with Gasteiger partial charge in [0, 0.05) is 10.9 Å². The minimum absolute atomic E-state index is 0.569. The van der Waals surface area contributed by atoms with Crippen molar-refractivity contribution in [2.24, 2.45) is 0 Å². The zero-order valence-corrected chi connectivity index (χ0v) is 17.1. The van der Waals surface area contributed by atoms with Crippen LogP contribution in [0.1, 0.15) is 42.8 Å². The van der Waals surface area contributed by atoms with E-state index in [1.165, 1.54) is 29.7 Å². The Balaban J connectivity index is 1.78. The van der Waals surface area contributed by atoms with Gasteiger partial charge < -0.3 is 4.74 Å². The van der Waals surface area contributed by atoms with E-state index in [0.717, 1.165) is 34.0 Å². The molecule has 0 atom stereocenters. The maximum Gasteiger partial charge on any atom is 0.134 e. The molecule has 0 saturated heterocycles. The van der Waals surface area contributed by atoms with Crippen molar-refractivity contribution in [3.05, 3.63) is 70.0 Å². The number of allylic oxidation sites excluding steroid dienone is 1. The van der Waals surface area contributed by atoms with E-state index in [-0.39, 0.29) is 0 Å². The second-order valence-corrected chi connectivity index (χ2v) is 7.37. The van der Waals surface area contributed by atoms with Crippen LogP contribution in [0.2, 0.25) is 0 Å². The fourth-order valence-corrected chi connectivity index (χ4v) is 3.68. The molecule has 2 aromatic carbocycles. The number of rotatable bonds is 8. The van der Waals surface area contributed by atoms with E-state index in [9.17, 15) is 5.26 Å². The summed E-state index contributed by atoms with van der Waals surface area (Å²) in [7, 11) is 0. The third-order valence-corrected chi connectivity index (χ3v) is 5.30. The topological polar surface area (TPSA) is 45.9 Å². The second-order valence-electron chi connectivity index (χ2n) is 6.51. The summed E-state index contributed by atoms with van der Waals surface area (Å²) in [5, 5.41) is 12.4. The molecular weight excluding hydrogens is 364 g/mol. The Labute approximate surface area is 171 Å². The molecule has 1 heterocycles. The van der Waals surface area contributed by atoms with Crippen molar-refractivity contribution in [3.63, 3.8) is 0 Å². The van der Waals surface area contributed by atoms with Crippen molar-refractivity contribution in [3.8, 4) is 23.1 Å². The molecule has 28 heavy (non-hydrogen) atoms. The van der Waals surface area contributed by atoms with Crippen molar-refractivity contribution in [1.29, 1.82) is 5.26 Å². The van der Waals surface area contributed by atoms with Gasteiger partial charge in [0.05, 0.1) is 17.9 Å². The molecule has 0 N–H and O–H groups in total. The fourth-order valence-electron chi connectivity index (χ4n) is 2.89. The van der Waals surface area contributed by atoms with Crippen molar-refractivity contribution < 1.29 is 4.74 Å². The number of hydrogen-bond acceptors (Lipinski definition) is 4. The lowest BCUT2D eigenvalue weighted by molar-refractivity contribution is 0.340. The van der Waals surface area contributed by atoms with Gasteiger partial charge in [0.25, 0.3) is 0 Å². The van der Waals surface area contributed by atoms with Crippen LogP contribution in [0.4, 0.5) is 0 Å². The number of unbranched alkanes of at least 4 members (excludes halogenated alkanes) is 1. The lowest BCUT2D eigenvalue weighted by Gasteiger charge is -2.03. The molecule has 3 rings (SSSR count). The number of benzene rings is 2. The molecular formula is C24H24N2OS. The number of hydrogen-bond donors (Lipinski definition) is 0. The first-order valence-corrected chi connectivity index (χ1v) is 10.5. The highest BCUT2D eigenvalue weighted by molar-refractivity contribution is 7.11. The van der Waals surface area contributed by atoms with Crippen LogP contribution in [0.3, 0.4) is 0 Å². The first-order valence-electron chi connectivity index (χ1n) is 9.63. The SMILES string of the molecule is CCCCc1ccc(-c2csc(C(C#N)=Cc3ccc(OCC)cc3)n2)cc1. The summed E-state index contributed by atoms with van der Waals surface area (Å²) in [6.45, 7) is 4.80. The molecule has 0 unspecified atom stereocenters. The monoisotopic (exact) mass is 388 g/mol. The molecule has 0 radical (unpaired) electrons. The second kappa shape index (κ2) is 9.87. The predicted molar refractivity (Wildman–Crippen MR) is 117 cm³/mol. The molecule has 4 heteroatoms. The van der Waals surface area contributed by atoms with Gasteiger partial charge in [-0.2, -0.15) is 5.26 Å². The van der Waals surface area contributed by atoms with Gasteiger partial charge in [-0.25, -0.2) is 4.98 Å². The van der Waals surface area contributed by atoms with Gasteiger partial charge in [-0.3, -0.25) is 0 Å². The average Bonchev–Trinajstić information content (AvgIpc) is 3.22. The van der Waals surface area contributed by atoms with E-state index in [4.69, 9.17) is 4.74 Å². The average molecular weight is 389 g/mol. The Morgan fingerprint density at radius 3 is 2.50 bits per heavy atom. The van der Waals surface area contributed by atoms with Gasteiger partial charge in [0.1, 0.15) is 16.8 Å².